The molecule has 2 fully saturated rings. The zero-order valence-electron chi connectivity index (χ0n) is 19.8. The number of thiazole rings is 1. The zero-order chi connectivity index (χ0) is 22.1. The van der Waals surface area contributed by atoms with Crippen LogP contribution in [0.1, 0.15) is 85.0 Å². The maximum Gasteiger partial charge on any atom is 0.324 e. The van der Waals surface area contributed by atoms with Gasteiger partial charge in [0.25, 0.3) is 0 Å². The molecule has 2 saturated carbocycles. The summed E-state index contributed by atoms with van der Waals surface area (Å²) in [6.07, 6.45) is 14.1. The number of amides is 2. The van der Waals surface area contributed by atoms with E-state index in [-0.39, 0.29) is 6.03 Å². The molecule has 5 nitrogen and oxygen atoms in total. The van der Waals surface area contributed by atoms with Gasteiger partial charge in [0.05, 0.1) is 10.4 Å². The van der Waals surface area contributed by atoms with Crippen LogP contribution in [-0.4, -0.2) is 58.3 Å². The highest BCUT2D eigenvalue weighted by Crippen LogP contribution is 2.33. The second-order valence-corrected chi connectivity index (χ2v) is 11.7. The third-order valence-corrected chi connectivity index (χ3v) is 9.16. The second kappa shape index (κ2) is 13.0. The molecule has 0 unspecified atom stereocenters. The largest absolute Gasteiger partial charge is 0.324 e. The van der Waals surface area contributed by atoms with Crippen molar-refractivity contribution < 1.29 is 4.79 Å². The van der Waals surface area contributed by atoms with E-state index in [1.807, 2.05) is 18.0 Å². The smallest absolute Gasteiger partial charge is 0.319 e. The van der Waals surface area contributed by atoms with E-state index < -0.39 is 0 Å². The SMILES string of the molecule is CCN(CC)CCSc1cnc(NC(=O)N(C2CCCCCC2)[C@H]2CC[C@H](C)CC2)s1. The molecular formula is C24H42N4OS2. The van der Waals surface area contributed by atoms with Crippen LogP contribution < -0.4 is 5.32 Å². The van der Waals surface area contributed by atoms with Crippen LogP contribution >= 0.6 is 23.1 Å². The number of hydrogen-bond donors (Lipinski definition) is 1. The van der Waals surface area contributed by atoms with E-state index in [1.54, 1.807) is 11.3 Å². The third kappa shape index (κ3) is 7.64. The molecule has 0 aliphatic heterocycles. The van der Waals surface area contributed by atoms with Gasteiger partial charge in [-0.25, -0.2) is 9.78 Å². The first-order valence-electron chi connectivity index (χ1n) is 12.5. The number of nitrogens with one attached hydrogen (secondary N) is 1. The lowest BCUT2D eigenvalue weighted by Gasteiger charge is -2.40. The van der Waals surface area contributed by atoms with Gasteiger partial charge in [0.2, 0.25) is 0 Å². The Bertz CT molecular complexity index is 648. The molecule has 0 aromatic carbocycles. The minimum absolute atomic E-state index is 0.0838. The number of carbonyl (C=O) groups is 1. The number of anilines is 1. The van der Waals surface area contributed by atoms with Gasteiger partial charge in [-0.3, -0.25) is 5.32 Å². The van der Waals surface area contributed by atoms with E-state index in [0.717, 1.165) is 62.1 Å². The van der Waals surface area contributed by atoms with Gasteiger partial charge in [0.1, 0.15) is 0 Å². The summed E-state index contributed by atoms with van der Waals surface area (Å²) in [6, 6.07) is 0.867. The van der Waals surface area contributed by atoms with Crippen molar-refractivity contribution in [2.75, 3.05) is 30.7 Å². The Morgan fingerprint density at radius 3 is 2.35 bits per heavy atom. The van der Waals surface area contributed by atoms with Crippen molar-refractivity contribution in [3.63, 3.8) is 0 Å². The van der Waals surface area contributed by atoms with Gasteiger partial charge in [-0.05, 0) is 57.5 Å². The Balaban J connectivity index is 1.60. The van der Waals surface area contributed by atoms with E-state index in [2.05, 4.69) is 40.9 Å². The van der Waals surface area contributed by atoms with Crippen LogP contribution in [-0.2, 0) is 0 Å². The van der Waals surface area contributed by atoms with Crippen molar-refractivity contribution in [2.24, 2.45) is 5.92 Å². The van der Waals surface area contributed by atoms with Crippen molar-refractivity contribution in [1.82, 2.24) is 14.8 Å². The predicted molar refractivity (Wildman–Crippen MR) is 134 cm³/mol. The average molecular weight is 467 g/mol. The number of thioether (sulfide) groups is 1. The Labute approximate surface area is 197 Å². The molecule has 7 heteroatoms. The first kappa shape index (κ1) is 24.8. The number of hydrogen-bond acceptors (Lipinski definition) is 5. The highest BCUT2D eigenvalue weighted by Gasteiger charge is 2.33. The van der Waals surface area contributed by atoms with E-state index >= 15 is 0 Å². The molecule has 31 heavy (non-hydrogen) atoms. The number of carbonyl (C=O) groups excluding carboxylic acids is 1. The molecule has 3 rings (SSSR count). The molecular weight excluding hydrogens is 424 g/mol. The molecule has 176 valence electrons. The molecule has 1 N–H and O–H groups in total. The van der Waals surface area contributed by atoms with Crippen molar-refractivity contribution in [2.45, 2.75) is 101 Å². The van der Waals surface area contributed by atoms with Crippen LogP contribution in [0.25, 0.3) is 0 Å². The van der Waals surface area contributed by atoms with Gasteiger partial charge in [-0.15, -0.1) is 11.8 Å². The maximum absolute atomic E-state index is 13.5. The highest BCUT2D eigenvalue weighted by atomic mass is 32.2. The van der Waals surface area contributed by atoms with Crippen molar-refractivity contribution in [1.29, 1.82) is 0 Å². The lowest BCUT2D eigenvalue weighted by molar-refractivity contribution is 0.116. The van der Waals surface area contributed by atoms with Gasteiger partial charge in [-0.2, -0.15) is 0 Å². The zero-order valence-corrected chi connectivity index (χ0v) is 21.4. The minimum Gasteiger partial charge on any atom is -0.319 e. The fourth-order valence-corrected chi connectivity index (χ4v) is 6.98. The second-order valence-electron chi connectivity index (χ2n) is 9.26. The monoisotopic (exact) mass is 466 g/mol. The summed E-state index contributed by atoms with van der Waals surface area (Å²) in [5.41, 5.74) is 0. The molecule has 2 amide bonds. The van der Waals surface area contributed by atoms with Crippen LogP contribution in [0.3, 0.4) is 0 Å². The Morgan fingerprint density at radius 2 is 1.71 bits per heavy atom. The summed E-state index contributed by atoms with van der Waals surface area (Å²) in [4.78, 5) is 22.7. The number of aromatic nitrogens is 1. The highest BCUT2D eigenvalue weighted by molar-refractivity contribution is 8.01. The van der Waals surface area contributed by atoms with Crippen LogP contribution in [0, 0.1) is 5.92 Å². The summed E-state index contributed by atoms with van der Waals surface area (Å²) in [5.74, 6) is 1.86. The van der Waals surface area contributed by atoms with Gasteiger partial charge in [-0.1, -0.05) is 57.8 Å². The molecule has 2 aliphatic carbocycles. The molecule has 0 saturated heterocycles. The molecule has 2 aliphatic rings. The Morgan fingerprint density at radius 1 is 1.06 bits per heavy atom. The van der Waals surface area contributed by atoms with Crippen LogP contribution in [0.15, 0.2) is 10.4 Å². The van der Waals surface area contributed by atoms with E-state index in [0.29, 0.717) is 12.1 Å². The quantitative estimate of drug-likeness (QED) is 0.324. The fourth-order valence-electron chi connectivity index (χ4n) is 5.04. The molecule has 0 bridgehead atoms. The van der Waals surface area contributed by atoms with Gasteiger partial charge < -0.3 is 9.80 Å². The lowest BCUT2D eigenvalue weighted by atomic mass is 9.85. The van der Waals surface area contributed by atoms with E-state index in [4.69, 9.17) is 0 Å². The van der Waals surface area contributed by atoms with Gasteiger partial charge in [0, 0.05) is 24.4 Å². The predicted octanol–water partition coefficient (Wildman–Crippen LogP) is 6.71. The Hall–Kier alpha value is -0.790. The number of rotatable bonds is 9. The summed E-state index contributed by atoms with van der Waals surface area (Å²) < 4.78 is 1.19. The number of nitrogens with zero attached hydrogens (tertiary/aromatic N) is 3. The third-order valence-electron chi connectivity index (χ3n) is 7.08. The summed E-state index contributed by atoms with van der Waals surface area (Å²) >= 11 is 3.46. The molecule has 0 atom stereocenters. The van der Waals surface area contributed by atoms with Crippen LogP contribution in [0.2, 0.25) is 0 Å². The molecule has 1 aromatic heterocycles. The summed E-state index contributed by atoms with van der Waals surface area (Å²) in [7, 11) is 0. The van der Waals surface area contributed by atoms with Crippen LogP contribution in [0.5, 0.6) is 0 Å². The first-order chi connectivity index (χ1) is 15.1. The van der Waals surface area contributed by atoms with E-state index in [1.165, 1.54) is 42.7 Å². The topological polar surface area (TPSA) is 48.5 Å². The fraction of sp³-hybridized carbons (Fsp3) is 0.833. The molecule has 1 aromatic rings. The standard InChI is InChI=1S/C24H42N4OS2/c1-4-27(5-2)16-17-30-22-18-25-23(31-22)26-24(29)28(20-10-8-6-7-9-11-20)21-14-12-19(3)13-15-21/h18-21H,4-17H2,1-3H3,(H,25,26,29)/t19-,21-. The molecule has 0 spiro atoms. The van der Waals surface area contributed by atoms with Gasteiger partial charge in [0.15, 0.2) is 5.13 Å². The van der Waals surface area contributed by atoms with Crippen LogP contribution in [0.4, 0.5) is 9.93 Å². The van der Waals surface area contributed by atoms with E-state index in [9.17, 15) is 4.79 Å². The minimum atomic E-state index is 0.0838. The Kier molecular flexibility index (Phi) is 10.5. The van der Waals surface area contributed by atoms with Crippen molar-refractivity contribution in [3.05, 3.63) is 6.20 Å². The molecule has 1 heterocycles. The summed E-state index contributed by atoms with van der Waals surface area (Å²) in [5, 5.41) is 3.93. The average Bonchev–Trinajstić information content (AvgIpc) is 3.04. The van der Waals surface area contributed by atoms with Crippen molar-refractivity contribution in [3.8, 4) is 0 Å². The lowest BCUT2D eigenvalue weighted by Crippen LogP contribution is -2.50. The molecule has 0 radical (unpaired) electrons. The normalized spacial score (nSPS) is 23.0. The van der Waals surface area contributed by atoms with Crippen molar-refractivity contribution >= 4 is 34.3 Å². The maximum atomic E-state index is 13.5. The number of urea groups is 1. The first-order valence-corrected chi connectivity index (χ1v) is 14.3. The summed E-state index contributed by atoms with van der Waals surface area (Å²) in [6.45, 7) is 10.0. The van der Waals surface area contributed by atoms with Gasteiger partial charge >= 0.3 is 6.03 Å².